The minimum absolute atomic E-state index is 0.0336. The molecule has 3 N–H and O–H groups in total. The average molecular weight is 776 g/mol. The molecule has 0 aromatic heterocycles. The van der Waals surface area contributed by atoms with E-state index in [1.54, 1.807) is 54.6 Å². The van der Waals surface area contributed by atoms with Gasteiger partial charge >= 0.3 is 6.18 Å². The van der Waals surface area contributed by atoms with Gasteiger partial charge in [-0.3, -0.25) is 10.2 Å². The number of halogens is 4. The monoisotopic (exact) mass is 775 g/mol. The van der Waals surface area contributed by atoms with Crippen molar-refractivity contribution < 1.29 is 45.4 Å². The van der Waals surface area contributed by atoms with Crippen molar-refractivity contribution in [1.82, 2.24) is 10.9 Å². The van der Waals surface area contributed by atoms with Gasteiger partial charge in [0.25, 0.3) is 5.91 Å². The largest absolute Gasteiger partial charge is 0.494 e. The number of hydrogen-bond acceptors (Lipinski definition) is 8. The Hall–Kier alpha value is -5.57. The van der Waals surface area contributed by atoms with Gasteiger partial charge in [0.15, 0.2) is 21.5 Å². The Kier molecular flexibility index (Phi) is 12.0. The summed E-state index contributed by atoms with van der Waals surface area (Å²) in [6.45, 7) is -0.156. The van der Waals surface area contributed by atoms with Crippen LogP contribution >= 0.6 is 0 Å². The Bertz CT molecular complexity index is 2220. The molecule has 0 unspecified atom stereocenters. The smallest absolute Gasteiger partial charge is 0.416 e. The molecule has 1 aliphatic heterocycles. The summed E-state index contributed by atoms with van der Waals surface area (Å²) in [6, 6.07) is 33.2. The number of hydrogen-bond donors (Lipinski definition) is 3. The number of aliphatic hydroxyl groups excluding tert-OH is 1. The van der Waals surface area contributed by atoms with Crippen LogP contribution in [0.4, 0.5) is 17.6 Å². The van der Waals surface area contributed by atoms with Crippen molar-refractivity contribution in [2.24, 2.45) is 4.99 Å². The highest BCUT2D eigenvalue weighted by atomic mass is 32.2. The number of aliphatic imine (C=N–C) groups is 1. The fraction of sp³-hybridized carbons (Fsp3) is 0.220. The van der Waals surface area contributed by atoms with E-state index in [9.17, 15) is 30.8 Å². The maximum absolute atomic E-state index is 14.5. The molecule has 6 rings (SSSR count). The number of aliphatic hydroxyl groups is 1. The molecule has 0 bridgehead atoms. The maximum Gasteiger partial charge on any atom is 0.416 e. The number of alkyl halides is 3. The summed E-state index contributed by atoms with van der Waals surface area (Å²) in [5.41, 5.74) is 4.61. The van der Waals surface area contributed by atoms with E-state index in [0.29, 0.717) is 29.4 Å². The summed E-state index contributed by atoms with van der Waals surface area (Å²) < 4.78 is 93.8. The molecule has 5 aromatic rings. The maximum atomic E-state index is 14.5. The minimum atomic E-state index is -4.80. The van der Waals surface area contributed by atoms with Crippen molar-refractivity contribution in [3.63, 3.8) is 0 Å². The molecule has 14 heteroatoms. The molecule has 286 valence electrons. The van der Waals surface area contributed by atoms with Crippen LogP contribution in [-0.2, 0) is 32.1 Å². The molecule has 9 nitrogen and oxygen atoms in total. The molecule has 5 aromatic carbocycles. The second kappa shape index (κ2) is 16.8. The van der Waals surface area contributed by atoms with Gasteiger partial charge in [-0.2, -0.15) is 13.2 Å². The molecular formula is C41H37F4N3O6S. The number of ether oxygens (including phenoxy) is 2. The first-order chi connectivity index (χ1) is 26.4. The third-order valence-corrected chi connectivity index (χ3v) is 10.7. The number of carbonyl (C=O) groups excluding carboxylic acids is 1. The van der Waals surface area contributed by atoms with Crippen molar-refractivity contribution >= 4 is 21.6 Å². The number of hydrazine groups is 1. The number of benzene rings is 5. The lowest BCUT2D eigenvalue weighted by molar-refractivity contribution is -0.138. The number of nitrogens with one attached hydrogen (secondary N) is 2. The van der Waals surface area contributed by atoms with Crippen molar-refractivity contribution in [2.75, 3.05) is 19.0 Å². The number of amides is 1. The quantitative estimate of drug-likeness (QED) is 0.0583. The molecule has 1 heterocycles. The normalized spacial score (nSPS) is 17.0. The lowest BCUT2D eigenvalue weighted by Crippen LogP contribution is -2.53. The molecule has 0 fully saturated rings. The van der Waals surface area contributed by atoms with Gasteiger partial charge in [-0.25, -0.2) is 23.2 Å². The Morgan fingerprint density at radius 2 is 1.49 bits per heavy atom. The van der Waals surface area contributed by atoms with Crippen LogP contribution in [0.5, 0.6) is 5.75 Å². The Morgan fingerprint density at radius 3 is 2.15 bits per heavy atom. The SMILES string of the molecule is O=C(NNCc1cc(F)cc(C(F)(F)F)c1)[C@@]1(CCS(=O)(=O)c2ccccc2)N=C(c2ccc(OCCCO)cc2)O[C@H]1c1ccc(-c2ccccc2)cc1. The van der Waals surface area contributed by atoms with Crippen LogP contribution < -0.4 is 15.6 Å². The third-order valence-electron chi connectivity index (χ3n) is 8.98. The molecule has 0 saturated heterocycles. The van der Waals surface area contributed by atoms with E-state index in [-0.39, 0.29) is 36.0 Å². The Morgan fingerprint density at radius 1 is 0.855 bits per heavy atom. The fourth-order valence-corrected chi connectivity index (χ4v) is 7.53. The molecule has 0 spiro atoms. The van der Waals surface area contributed by atoms with Crippen LogP contribution in [-0.4, -0.2) is 49.8 Å². The second-order valence-corrected chi connectivity index (χ2v) is 14.9. The van der Waals surface area contributed by atoms with E-state index >= 15 is 0 Å². The molecule has 0 radical (unpaired) electrons. The molecule has 0 aliphatic carbocycles. The predicted octanol–water partition coefficient (Wildman–Crippen LogP) is 7.21. The van der Waals surface area contributed by atoms with Crippen LogP contribution in [0.15, 0.2) is 137 Å². The summed E-state index contributed by atoms with van der Waals surface area (Å²) in [7, 11) is -3.96. The number of carbonyl (C=O) groups is 1. The van der Waals surface area contributed by atoms with Gasteiger partial charge in [-0.05, 0) is 76.9 Å². The van der Waals surface area contributed by atoms with Crippen LogP contribution in [0.1, 0.15) is 41.2 Å². The zero-order chi connectivity index (χ0) is 39.1. The van der Waals surface area contributed by atoms with Crippen LogP contribution in [0.25, 0.3) is 11.1 Å². The molecule has 55 heavy (non-hydrogen) atoms. The van der Waals surface area contributed by atoms with Crippen molar-refractivity contribution in [1.29, 1.82) is 0 Å². The number of rotatable bonds is 15. The highest BCUT2D eigenvalue weighted by molar-refractivity contribution is 7.91. The van der Waals surface area contributed by atoms with Gasteiger partial charge in [0.2, 0.25) is 5.90 Å². The predicted molar refractivity (Wildman–Crippen MR) is 198 cm³/mol. The molecule has 0 saturated carbocycles. The summed E-state index contributed by atoms with van der Waals surface area (Å²) in [4.78, 5) is 19.4. The van der Waals surface area contributed by atoms with Gasteiger partial charge in [-0.15, -0.1) is 0 Å². The van der Waals surface area contributed by atoms with Gasteiger partial charge in [-0.1, -0.05) is 72.8 Å². The van der Waals surface area contributed by atoms with E-state index in [1.807, 2.05) is 42.5 Å². The van der Waals surface area contributed by atoms with E-state index in [2.05, 4.69) is 10.9 Å². The summed E-state index contributed by atoms with van der Waals surface area (Å²) in [5.74, 6) is -1.93. The van der Waals surface area contributed by atoms with E-state index < -0.39 is 57.2 Å². The van der Waals surface area contributed by atoms with Gasteiger partial charge in [0, 0.05) is 31.6 Å². The first-order valence-corrected chi connectivity index (χ1v) is 19.0. The summed E-state index contributed by atoms with van der Waals surface area (Å²) in [6.07, 6.45) is -5.91. The number of sulfone groups is 1. The second-order valence-electron chi connectivity index (χ2n) is 12.8. The van der Waals surface area contributed by atoms with Gasteiger partial charge in [0.05, 0.1) is 22.8 Å². The van der Waals surface area contributed by atoms with Crippen LogP contribution in [0.3, 0.4) is 0 Å². The lowest BCUT2D eigenvalue weighted by Gasteiger charge is -2.30. The third kappa shape index (κ3) is 9.39. The fourth-order valence-electron chi connectivity index (χ4n) is 6.14. The zero-order valence-electron chi connectivity index (χ0n) is 29.3. The molecule has 2 atom stereocenters. The van der Waals surface area contributed by atoms with E-state index in [0.717, 1.165) is 23.3 Å². The standard InChI is InChI=1S/C41H37F4N3O6S/c42-34-25-28(24-33(26-34)41(43,44)45)27-46-48-39(50)40(20-23-55(51,52)36-10-5-2-6-11-36)37(31-14-12-30(13-15-31)29-8-3-1-4-9-29)54-38(47-40)32-16-18-35(19-17-32)53-22-7-21-49/h1-6,8-19,24-26,37,46,49H,7,20-23,27H2,(H,48,50)/t37-,40-/m0/s1. The van der Waals surface area contributed by atoms with Crippen molar-refractivity contribution in [3.05, 3.63) is 155 Å². The van der Waals surface area contributed by atoms with Gasteiger partial charge < -0.3 is 14.6 Å². The number of nitrogens with zero attached hydrogens (tertiary/aromatic N) is 1. The topological polar surface area (TPSA) is 126 Å². The summed E-state index contributed by atoms with van der Waals surface area (Å²) >= 11 is 0. The minimum Gasteiger partial charge on any atom is -0.494 e. The zero-order valence-corrected chi connectivity index (χ0v) is 30.1. The Labute approximate surface area is 315 Å². The average Bonchev–Trinajstić information content (AvgIpc) is 3.59. The summed E-state index contributed by atoms with van der Waals surface area (Å²) in [5, 5.41) is 9.10. The van der Waals surface area contributed by atoms with Crippen LogP contribution in [0.2, 0.25) is 0 Å². The molecule has 1 aliphatic rings. The molecule has 1 amide bonds. The highest BCUT2D eigenvalue weighted by Gasteiger charge is 2.53. The van der Waals surface area contributed by atoms with E-state index in [4.69, 9.17) is 19.6 Å². The highest BCUT2D eigenvalue weighted by Crippen LogP contribution is 2.43. The molecular weight excluding hydrogens is 739 g/mol. The van der Waals surface area contributed by atoms with Crippen molar-refractivity contribution in [3.8, 4) is 16.9 Å². The van der Waals surface area contributed by atoms with E-state index in [1.165, 1.54) is 12.1 Å². The lowest BCUT2D eigenvalue weighted by atomic mass is 9.84. The van der Waals surface area contributed by atoms with Crippen LogP contribution in [0, 0.1) is 5.82 Å². The first-order valence-electron chi connectivity index (χ1n) is 17.3. The van der Waals surface area contributed by atoms with Gasteiger partial charge in [0.1, 0.15) is 11.6 Å². The first kappa shape index (κ1) is 39.1. The Balaban J connectivity index is 1.38. The van der Waals surface area contributed by atoms with Crippen molar-refractivity contribution in [2.45, 2.75) is 42.1 Å².